The molecule has 0 radical (unpaired) electrons. The van der Waals surface area contributed by atoms with Crippen LogP contribution in [-0.4, -0.2) is 42.8 Å². The Bertz CT molecular complexity index is 247. The zero-order valence-corrected chi connectivity index (χ0v) is 10.5. The van der Waals surface area contributed by atoms with Crippen LogP contribution in [0.15, 0.2) is 0 Å². The van der Waals surface area contributed by atoms with Gasteiger partial charge in [-0.15, -0.1) is 11.8 Å². The number of unbranched alkanes of at least 4 members (excludes halogenated alkanes) is 1. The number of ether oxygens (including phenoxy) is 1. The third kappa shape index (κ3) is 5.90. The molecule has 6 nitrogen and oxygen atoms in total. The molecule has 4 N–H and O–H groups in total. The van der Waals surface area contributed by atoms with Crippen LogP contribution < -0.4 is 16.4 Å². The summed E-state index contributed by atoms with van der Waals surface area (Å²) in [7, 11) is 0. The number of nitrogens with two attached hydrogens (primary N) is 1. The van der Waals surface area contributed by atoms with E-state index in [9.17, 15) is 9.59 Å². The number of carbonyl (C=O) groups excluding carboxylic acids is 2. The molecule has 7 heteroatoms. The van der Waals surface area contributed by atoms with Crippen LogP contribution in [0.5, 0.6) is 0 Å². The number of amides is 1. The Balaban J connectivity index is 1.96. The third-order valence-electron chi connectivity index (χ3n) is 2.40. The Labute approximate surface area is 105 Å². The van der Waals surface area contributed by atoms with Crippen LogP contribution in [0.2, 0.25) is 0 Å². The summed E-state index contributed by atoms with van der Waals surface area (Å²) >= 11 is 1.62. The van der Waals surface area contributed by atoms with Crippen molar-refractivity contribution in [1.29, 1.82) is 0 Å². The molecular formula is C10H19N3O3S. The minimum absolute atomic E-state index is 0.0425. The zero-order valence-electron chi connectivity index (χ0n) is 9.69. The fourth-order valence-corrected chi connectivity index (χ4v) is 2.45. The predicted octanol–water partition coefficient (Wildman–Crippen LogP) is -0.607. The van der Waals surface area contributed by atoms with Crippen LogP contribution >= 0.6 is 11.8 Å². The SMILES string of the molecule is N[C@@H](CCCCNC(=O)C1NCCS1)OC=O. The molecule has 1 fully saturated rings. The summed E-state index contributed by atoms with van der Waals surface area (Å²) in [5, 5.41) is 5.86. The maximum absolute atomic E-state index is 11.6. The zero-order chi connectivity index (χ0) is 12.5. The third-order valence-corrected chi connectivity index (χ3v) is 3.55. The van der Waals surface area contributed by atoms with E-state index >= 15 is 0 Å². The molecule has 1 saturated heterocycles. The van der Waals surface area contributed by atoms with E-state index in [1.165, 1.54) is 0 Å². The second-order valence-corrected chi connectivity index (χ2v) is 4.98. The Morgan fingerprint density at radius 3 is 3.12 bits per heavy atom. The average Bonchev–Trinajstić information content (AvgIpc) is 2.82. The van der Waals surface area contributed by atoms with Crippen molar-refractivity contribution in [2.24, 2.45) is 5.73 Å². The molecule has 2 atom stereocenters. The molecule has 1 aliphatic heterocycles. The molecule has 0 bridgehead atoms. The molecule has 0 saturated carbocycles. The first-order chi connectivity index (χ1) is 8.24. The highest BCUT2D eigenvalue weighted by atomic mass is 32.2. The Morgan fingerprint density at radius 2 is 2.47 bits per heavy atom. The van der Waals surface area contributed by atoms with Crippen LogP contribution in [-0.2, 0) is 14.3 Å². The van der Waals surface area contributed by atoms with Crippen LogP contribution in [0, 0.1) is 0 Å². The maximum Gasteiger partial charge on any atom is 0.294 e. The van der Waals surface area contributed by atoms with Crippen LogP contribution in [0.3, 0.4) is 0 Å². The summed E-state index contributed by atoms with van der Waals surface area (Å²) in [6.45, 7) is 1.88. The molecule has 0 aromatic carbocycles. The lowest BCUT2D eigenvalue weighted by Crippen LogP contribution is -2.39. The van der Waals surface area contributed by atoms with Crippen molar-refractivity contribution in [1.82, 2.24) is 10.6 Å². The monoisotopic (exact) mass is 261 g/mol. The summed E-state index contributed by atoms with van der Waals surface area (Å²) in [6, 6.07) is 0. The first-order valence-corrected chi connectivity index (χ1v) is 6.76. The highest BCUT2D eigenvalue weighted by Gasteiger charge is 2.21. The van der Waals surface area contributed by atoms with Gasteiger partial charge in [-0.2, -0.15) is 0 Å². The lowest BCUT2D eigenvalue weighted by molar-refractivity contribution is -0.133. The van der Waals surface area contributed by atoms with Crippen molar-refractivity contribution in [3.05, 3.63) is 0 Å². The Kier molecular flexibility index (Phi) is 6.99. The minimum atomic E-state index is -0.532. The van der Waals surface area contributed by atoms with E-state index in [2.05, 4.69) is 15.4 Å². The van der Waals surface area contributed by atoms with Gasteiger partial charge in [-0.05, 0) is 19.3 Å². The van der Waals surface area contributed by atoms with Gasteiger partial charge in [0.1, 0.15) is 5.37 Å². The van der Waals surface area contributed by atoms with E-state index in [4.69, 9.17) is 5.73 Å². The molecule has 1 heterocycles. The molecular weight excluding hydrogens is 242 g/mol. The van der Waals surface area contributed by atoms with Crippen LogP contribution in [0.4, 0.5) is 0 Å². The molecule has 0 aliphatic carbocycles. The molecule has 17 heavy (non-hydrogen) atoms. The number of carbonyl (C=O) groups is 2. The van der Waals surface area contributed by atoms with Gasteiger partial charge in [0, 0.05) is 18.8 Å². The van der Waals surface area contributed by atoms with Crippen molar-refractivity contribution >= 4 is 24.1 Å². The molecule has 1 aliphatic rings. The van der Waals surface area contributed by atoms with Crippen LogP contribution in [0.25, 0.3) is 0 Å². The lowest BCUT2D eigenvalue weighted by atomic mass is 10.2. The number of hydrogen-bond acceptors (Lipinski definition) is 6. The van der Waals surface area contributed by atoms with Gasteiger partial charge >= 0.3 is 0 Å². The van der Waals surface area contributed by atoms with Gasteiger partial charge in [0.15, 0.2) is 6.23 Å². The van der Waals surface area contributed by atoms with Crippen molar-refractivity contribution in [3.63, 3.8) is 0 Å². The van der Waals surface area contributed by atoms with Gasteiger partial charge in [0.2, 0.25) is 5.91 Å². The predicted molar refractivity (Wildman–Crippen MR) is 66.2 cm³/mol. The molecule has 1 rings (SSSR count). The topological polar surface area (TPSA) is 93.4 Å². The molecule has 0 spiro atoms. The fourth-order valence-electron chi connectivity index (χ4n) is 1.51. The number of rotatable bonds is 8. The lowest BCUT2D eigenvalue weighted by Gasteiger charge is -2.11. The quantitative estimate of drug-likeness (QED) is 0.307. The van der Waals surface area contributed by atoms with Gasteiger partial charge in [0.05, 0.1) is 0 Å². The Hall–Kier alpha value is -0.790. The highest BCUT2D eigenvalue weighted by Crippen LogP contribution is 2.13. The van der Waals surface area contributed by atoms with Crippen molar-refractivity contribution in [2.45, 2.75) is 30.9 Å². The highest BCUT2D eigenvalue weighted by molar-refractivity contribution is 8.00. The molecule has 0 aromatic rings. The van der Waals surface area contributed by atoms with Gasteiger partial charge in [-0.1, -0.05) is 0 Å². The van der Waals surface area contributed by atoms with E-state index in [0.717, 1.165) is 25.1 Å². The second-order valence-electron chi connectivity index (χ2n) is 3.76. The van der Waals surface area contributed by atoms with Gasteiger partial charge in [0.25, 0.3) is 6.47 Å². The summed E-state index contributed by atoms with van der Waals surface area (Å²) in [5.41, 5.74) is 5.47. The minimum Gasteiger partial charge on any atom is -0.449 e. The molecule has 1 unspecified atom stereocenters. The number of thioether (sulfide) groups is 1. The summed E-state index contributed by atoms with van der Waals surface area (Å²) in [6.07, 6.45) is 1.74. The average molecular weight is 261 g/mol. The van der Waals surface area contributed by atoms with Gasteiger partial charge in [-0.3, -0.25) is 20.6 Å². The van der Waals surface area contributed by atoms with E-state index in [-0.39, 0.29) is 11.3 Å². The Morgan fingerprint density at radius 1 is 1.65 bits per heavy atom. The first kappa shape index (κ1) is 14.3. The first-order valence-electron chi connectivity index (χ1n) is 5.71. The number of hydrogen-bond donors (Lipinski definition) is 3. The standard InChI is InChI=1S/C10H19N3O3S/c11-8(16-7-14)3-1-2-4-12-9(15)10-13-5-6-17-10/h7-8,10,13H,1-6,11H2,(H,12,15)/t8-,10?/m1/s1. The smallest absolute Gasteiger partial charge is 0.294 e. The maximum atomic E-state index is 11.6. The summed E-state index contributed by atoms with van der Waals surface area (Å²) < 4.78 is 4.55. The van der Waals surface area contributed by atoms with Gasteiger partial charge < -0.3 is 10.1 Å². The summed E-state index contributed by atoms with van der Waals surface area (Å²) in [5.74, 6) is 1.02. The molecule has 98 valence electrons. The van der Waals surface area contributed by atoms with Crippen LogP contribution in [0.1, 0.15) is 19.3 Å². The van der Waals surface area contributed by atoms with E-state index in [0.29, 0.717) is 19.4 Å². The molecule has 1 amide bonds. The van der Waals surface area contributed by atoms with E-state index in [1.54, 1.807) is 11.8 Å². The number of nitrogens with one attached hydrogen (secondary N) is 2. The summed E-state index contributed by atoms with van der Waals surface area (Å²) in [4.78, 5) is 21.5. The normalized spacial score (nSPS) is 20.9. The van der Waals surface area contributed by atoms with Crippen molar-refractivity contribution in [2.75, 3.05) is 18.8 Å². The largest absolute Gasteiger partial charge is 0.449 e. The van der Waals surface area contributed by atoms with Crippen molar-refractivity contribution < 1.29 is 14.3 Å². The molecule has 0 aromatic heterocycles. The van der Waals surface area contributed by atoms with E-state index in [1.807, 2.05) is 0 Å². The van der Waals surface area contributed by atoms with Gasteiger partial charge in [-0.25, -0.2) is 0 Å². The van der Waals surface area contributed by atoms with E-state index < -0.39 is 6.23 Å². The van der Waals surface area contributed by atoms with Crippen molar-refractivity contribution in [3.8, 4) is 0 Å². The second kappa shape index (κ2) is 8.32. The fraction of sp³-hybridized carbons (Fsp3) is 0.800.